The van der Waals surface area contributed by atoms with Crippen molar-refractivity contribution in [1.29, 1.82) is 0 Å². The van der Waals surface area contributed by atoms with Gasteiger partial charge in [-0.15, -0.1) is 0 Å². The molecule has 35 heavy (non-hydrogen) atoms. The highest BCUT2D eigenvalue weighted by Gasteiger charge is 2.49. The molecule has 0 amide bonds. The van der Waals surface area contributed by atoms with E-state index in [1.54, 1.807) is 14.2 Å². The second-order valence-electron chi connectivity index (χ2n) is 12.6. The fraction of sp³-hybridized carbons (Fsp3) is 0.724. The molecule has 0 aromatic heterocycles. The zero-order chi connectivity index (χ0) is 27.2. The minimum atomic E-state index is -2.12. The molecule has 4 nitrogen and oxygen atoms in total. The van der Waals surface area contributed by atoms with E-state index in [0.29, 0.717) is 28.1 Å². The van der Waals surface area contributed by atoms with Gasteiger partial charge in [0, 0.05) is 14.1 Å². The van der Waals surface area contributed by atoms with E-state index >= 15 is 0 Å². The second-order valence-corrected chi connectivity index (χ2v) is 23.5. The monoisotopic (exact) mass is 522 g/mol. The standard InChI is InChI=1S/C29H54O4Si2/c1-21(2)35(22(3)4,23(5)6)33-28(17-15-16-18-34(12,13)14)29(8,9)32-27-20-25(30-10)24(7)19-26(27)31-11/h15-16,19-23,28H,17-18H2,1-14H3/b16-15-. The molecule has 1 aromatic carbocycles. The third-order valence-corrected chi connectivity index (χ3v) is 14.7. The molecule has 6 heteroatoms. The molecule has 1 aromatic rings. The minimum absolute atomic E-state index is 0.0868. The van der Waals surface area contributed by atoms with Gasteiger partial charge < -0.3 is 18.6 Å². The van der Waals surface area contributed by atoms with Crippen molar-refractivity contribution in [3.05, 3.63) is 29.8 Å². The molecule has 202 valence electrons. The van der Waals surface area contributed by atoms with Crippen LogP contribution in [0.4, 0.5) is 0 Å². The predicted octanol–water partition coefficient (Wildman–Crippen LogP) is 9.01. The van der Waals surface area contributed by atoms with E-state index in [1.165, 1.54) is 6.04 Å². The Balaban J connectivity index is 3.48. The van der Waals surface area contributed by atoms with Crippen LogP contribution in [0.2, 0.25) is 42.3 Å². The summed E-state index contributed by atoms with van der Waals surface area (Å²) in [6.45, 7) is 27.6. The second kappa shape index (κ2) is 12.8. The molecule has 1 unspecified atom stereocenters. The van der Waals surface area contributed by atoms with Crippen molar-refractivity contribution >= 4 is 16.4 Å². The van der Waals surface area contributed by atoms with E-state index in [2.05, 4.69) is 87.2 Å². The van der Waals surface area contributed by atoms with E-state index < -0.39 is 22.0 Å². The summed E-state index contributed by atoms with van der Waals surface area (Å²) in [5.41, 5.74) is 1.94. The van der Waals surface area contributed by atoms with E-state index in [4.69, 9.17) is 18.6 Å². The van der Waals surface area contributed by atoms with Crippen LogP contribution in [0.15, 0.2) is 24.3 Å². The lowest BCUT2D eigenvalue weighted by molar-refractivity contribution is -0.0221. The number of hydrogen-bond donors (Lipinski definition) is 0. The van der Waals surface area contributed by atoms with Gasteiger partial charge in [0.25, 0.3) is 0 Å². The van der Waals surface area contributed by atoms with Crippen LogP contribution >= 0.6 is 0 Å². The summed E-state index contributed by atoms with van der Waals surface area (Å²) in [7, 11) is 0.101. The molecule has 0 aliphatic rings. The summed E-state index contributed by atoms with van der Waals surface area (Å²) >= 11 is 0. The molecule has 0 saturated carbocycles. The third-order valence-electron chi connectivity index (χ3n) is 7.13. The fourth-order valence-electron chi connectivity index (χ4n) is 5.24. The van der Waals surface area contributed by atoms with Gasteiger partial charge in [-0.25, -0.2) is 0 Å². The molecule has 0 aliphatic carbocycles. The first-order valence-electron chi connectivity index (χ1n) is 13.3. The number of aryl methyl sites for hydroxylation is 1. The van der Waals surface area contributed by atoms with Crippen LogP contribution in [0.5, 0.6) is 17.2 Å². The van der Waals surface area contributed by atoms with Crippen LogP contribution in [0.1, 0.15) is 67.4 Å². The first kappa shape index (κ1) is 31.8. The molecule has 0 spiro atoms. The van der Waals surface area contributed by atoms with Gasteiger partial charge in [0.05, 0.1) is 20.3 Å². The Labute approximate surface area is 218 Å². The molecular formula is C29H54O4Si2. The summed E-state index contributed by atoms with van der Waals surface area (Å²) in [6, 6.07) is 5.08. The van der Waals surface area contributed by atoms with Gasteiger partial charge in [-0.05, 0) is 61.5 Å². The first-order chi connectivity index (χ1) is 16.0. The quantitative estimate of drug-likeness (QED) is 0.180. The fourth-order valence-corrected chi connectivity index (χ4v) is 11.8. The van der Waals surface area contributed by atoms with Crippen molar-refractivity contribution in [2.75, 3.05) is 14.2 Å². The van der Waals surface area contributed by atoms with Crippen molar-refractivity contribution in [1.82, 2.24) is 0 Å². The smallest absolute Gasteiger partial charge is 0.200 e. The third kappa shape index (κ3) is 8.39. The lowest BCUT2D eigenvalue weighted by Crippen LogP contribution is -2.55. The Bertz CT molecular complexity index is 801. The number of benzene rings is 1. The van der Waals surface area contributed by atoms with E-state index in [9.17, 15) is 0 Å². The Morgan fingerprint density at radius 3 is 1.74 bits per heavy atom. The zero-order valence-electron chi connectivity index (χ0n) is 25.2. The summed E-state index contributed by atoms with van der Waals surface area (Å²) in [6.07, 6.45) is 5.42. The Hall–Kier alpha value is -1.25. The molecule has 0 saturated heterocycles. The molecular weight excluding hydrogens is 468 g/mol. The van der Waals surface area contributed by atoms with Crippen LogP contribution in [-0.4, -0.2) is 42.3 Å². The maximum absolute atomic E-state index is 7.35. The van der Waals surface area contributed by atoms with Crippen molar-refractivity contribution in [3.63, 3.8) is 0 Å². The molecule has 1 rings (SSSR count). The molecule has 0 bridgehead atoms. The van der Waals surface area contributed by atoms with E-state index in [-0.39, 0.29) is 6.10 Å². The van der Waals surface area contributed by atoms with Gasteiger partial charge in [0.15, 0.2) is 11.5 Å². The lowest BCUT2D eigenvalue weighted by atomic mass is 9.98. The molecule has 1 atom stereocenters. The van der Waals surface area contributed by atoms with Gasteiger partial charge in [0.2, 0.25) is 8.32 Å². The average molecular weight is 523 g/mol. The van der Waals surface area contributed by atoms with E-state index in [1.807, 2.05) is 19.1 Å². The normalized spacial score (nSPS) is 14.3. The zero-order valence-corrected chi connectivity index (χ0v) is 27.2. The Kier molecular flexibility index (Phi) is 11.6. The van der Waals surface area contributed by atoms with Gasteiger partial charge >= 0.3 is 0 Å². The highest BCUT2D eigenvalue weighted by Crippen LogP contribution is 2.45. The number of rotatable bonds is 14. The summed E-state index contributed by atoms with van der Waals surface area (Å²) < 4.78 is 25.3. The van der Waals surface area contributed by atoms with Gasteiger partial charge in [-0.2, -0.15) is 0 Å². The highest BCUT2D eigenvalue weighted by atomic mass is 28.4. The van der Waals surface area contributed by atoms with Crippen molar-refractivity contribution in [2.45, 2.75) is 123 Å². The first-order valence-corrected chi connectivity index (χ1v) is 19.1. The molecule has 0 aliphatic heterocycles. The topological polar surface area (TPSA) is 36.9 Å². The number of ether oxygens (including phenoxy) is 3. The lowest BCUT2D eigenvalue weighted by Gasteiger charge is -2.48. The Morgan fingerprint density at radius 2 is 1.31 bits per heavy atom. The maximum Gasteiger partial charge on any atom is 0.200 e. The largest absolute Gasteiger partial charge is 0.496 e. The number of allylic oxidation sites excluding steroid dienone is 1. The Morgan fingerprint density at radius 1 is 0.800 bits per heavy atom. The van der Waals surface area contributed by atoms with Gasteiger partial charge in [-0.1, -0.05) is 73.3 Å². The van der Waals surface area contributed by atoms with Crippen LogP contribution < -0.4 is 14.2 Å². The van der Waals surface area contributed by atoms with Crippen molar-refractivity contribution in [3.8, 4) is 17.2 Å². The van der Waals surface area contributed by atoms with Crippen LogP contribution in [0.3, 0.4) is 0 Å². The minimum Gasteiger partial charge on any atom is -0.496 e. The van der Waals surface area contributed by atoms with Crippen molar-refractivity contribution < 1.29 is 18.6 Å². The maximum atomic E-state index is 7.35. The SMILES string of the molecule is COc1cc(OC(C)(C)C(C/C=C\C[Si](C)(C)C)O[Si](C(C)C)(C(C)C)C(C)C)c(OC)cc1C. The van der Waals surface area contributed by atoms with Crippen LogP contribution in [-0.2, 0) is 4.43 Å². The van der Waals surface area contributed by atoms with E-state index in [0.717, 1.165) is 17.7 Å². The number of hydrogen-bond acceptors (Lipinski definition) is 4. The molecule has 0 radical (unpaired) electrons. The highest BCUT2D eigenvalue weighted by molar-refractivity contribution is 6.77. The van der Waals surface area contributed by atoms with Crippen LogP contribution in [0, 0.1) is 6.92 Å². The van der Waals surface area contributed by atoms with Gasteiger partial charge in [0.1, 0.15) is 11.4 Å². The summed E-state index contributed by atoms with van der Waals surface area (Å²) in [5, 5.41) is 0. The molecule has 0 N–H and O–H groups in total. The van der Waals surface area contributed by atoms with Gasteiger partial charge in [-0.3, -0.25) is 0 Å². The van der Waals surface area contributed by atoms with Crippen molar-refractivity contribution in [2.24, 2.45) is 0 Å². The molecule has 0 heterocycles. The summed E-state index contributed by atoms with van der Waals surface area (Å²) in [4.78, 5) is 0. The number of methoxy groups -OCH3 is 2. The average Bonchev–Trinajstić information content (AvgIpc) is 2.72. The van der Waals surface area contributed by atoms with Crippen LogP contribution in [0.25, 0.3) is 0 Å². The predicted molar refractivity (Wildman–Crippen MR) is 157 cm³/mol. The summed E-state index contributed by atoms with van der Waals surface area (Å²) in [5.74, 6) is 2.19. The molecule has 0 fully saturated rings.